The second-order valence-electron chi connectivity index (χ2n) is 4.30. The Morgan fingerprint density at radius 1 is 1.26 bits per heavy atom. The van der Waals surface area contributed by atoms with Crippen LogP contribution in [0.4, 0.5) is 4.39 Å². The summed E-state index contributed by atoms with van der Waals surface area (Å²) in [6, 6.07) is 11.9. The summed E-state index contributed by atoms with van der Waals surface area (Å²) in [5.41, 5.74) is 2.61. The van der Waals surface area contributed by atoms with Gasteiger partial charge in [-0.05, 0) is 46.6 Å². The van der Waals surface area contributed by atoms with Gasteiger partial charge in [-0.3, -0.25) is 4.79 Å². The van der Waals surface area contributed by atoms with Crippen LogP contribution >= 0.6 is 15.9 Å². The Bertz CT molecular complexity index is 613. The number of hydrogen-bond acceptors (Lipinski definition) is 1. The molecule has 0 spiro atoms. The zero-order chi connectivity index (χ0) is 13.8. The van der Waals surface area contributed by atoms with Gasteiger partial charge >= 0.3 is 0 Å². The Morgan fingerprint density at radius 3 is 2.74 bits per heavy atom. The van der Waals surface area contributed by atoms with Gasteiger partial charge in [-0.1, -0.05) is 29.8 Å². The van der Waals surface area contributed by atoms with Crippen LogP contribution in [0.25, 0.3) is 0 Å². The maximum atomic E-state index is 12.9. The number of rotatable bonds is 3. The van der Waals surface area contributed by atoms with Crippen molar-refractivity contribution in [3.63, 3.8) is 0 Å². The molecule has 0 atom stereocenters. The van der Waals surface area contributed by atoms with Crippen LogP contribution in [0.5, 0.6) is 0 Å². The second-order valence-corrected chi connectivity index (χ2v) is 5.15. The van der Waals surface area contributed by atoms with Crippen molar-refractivity contribution in [3.05, 3.63) is 69.4 Å². The molecule has 1 amide bonds. The molecule has 0 bridgehead atoms. The second kappa shape index (κ2) is 5.97. The van der Waals surface area contributed by atoms with Gasteiger partial charge in [-0.2, -0.15) is 0 Å². The van der Waals surface area contributed by atoms with Gasteiger partial charge in [0.05, 0.1) is 5.56 Å². The summed E-state index contributed by atoms with van der Waals surface area (Å²) in [7, 11) is 0. The molecule has 0 saturated heterocycles. The molecule has 19 heavy (non-hydrogen) atoms. The normalized spacial score (nSPS) is 10.3. The van der Waals surface area contributed by atoms with Crippen LogP contribution < -0.4 is 5.32 Å². The van der Waals surface area contributed by atoms with Crippen molar-refractivity contribution in [2.45, 2.75) is 13.5 Å². The Balaban J connectivity index is 2.05. The molecule has 0 fully saturated rings. The quantitative estimate of drug-likeness (QED) is 0.914. The van der Waals surface area contributed by atoms with Crippen molar-refractivity contribution in [1.29, 1.82) is 0 Å². The number of hydrogen-bond donors (Lipinski definition) is 1. The molecular weight excluding hydrogens is 309 g/mol. The van der Waals surface area contributed by atoms with E-state index in [9.17, 15) is 9.18 Å². The van der Waals surface area contributed by atoms with Crippen LogP contribution in [0.3, 0.4) is 0 Å². The van der Waals surface area contributed by atoms with E-state index in [1.54, 1.807) is 0 Å². The SMILES string of the molecule is Cc1cccc(CNC(=O)c2ccc(F)cc2Br)c1. The maximum Gasteiger partial charge on any atom is 0.252 e. The van der Waals surface area contributed by atoms with Gasteiger partial charge in [0.25, 0.3) is 5.91 Å². The van der Waals surface area contributed by atoms with Crippen molar-refractivity contribution in [3.8, 4) is 0 Å². The van der Waals surface area contributed by atoms with Crippen LogP contribution in [-0.4, -0.2) is 5.91 Å². The van der Waals surface area contributed by atoms with E-state index in [0.717, 1.165) is 11.1 Å². The fourth-order valence-electron chi connectivity index (χ4n) is 1.77. The van der Waals surface area contributed by atoms with Crippen molar-refractivity contribution >= 4 is 21.8 Å². The van der Waals surface area contributed by atoms with Crippen molar-refractivity contribution in [1.82, 2.24) is 5.32 Å². The summed E-state index contributed by atoms with van der Waals surface area (Å²) in [6.45, 7) is 2.45. The summed E-state index contributed by atoms with van der Waals surface area (Å²) < 4.78 is 13.4. The Kier molecular flexibility index (Phi) is 4.32. The topological polar surface area (TPSA) is 29.1 Å². The Labute approximate surface area is 119 Å². The molecule has 2 aromatic rings. The van der Waals surface area contributed by atoms with Crippen LogP contribution in [-0.2, 0) is 6.54 Å². The van der Waals surface area contributed by atoms with Crippen LogP contribution in [0, 0.1) is 12.7 Å². The molecule has 0 heterocycles. The highest BCUT2D eigenvalue weighted by Crippen LogP contribution is 2.18. The number of nitrogens with one attached hydrogen (secondary N) is 1. The molecule has 2 rings (SSSR count). The monoisotopic (exact) mass is 321 g/mol. The van der Waals surface area contributed by atoms with E-state index >= 15 is 0 Å². The molecule has 1 N–H and O–H groups in total. The third-order valence-corrected chi connectivity index (χ3v) is 3.37. The van der Waals surface area contributed by atoms with Gasteiger partial charge in [0.1, 0.15) is 5.82 Å². The third-order valence-electron chi connectivity index (χ3n) is 2.71. The summed E-state index contributed by atoms with van der Waals surface area (Å²) in [4.78, 5) is 12.0. The number of benzene rings is 2. The molecule has 2 aromatic carbocycles. The van der Waals surface area contributed by atoms with E-state index in [2.05, 4.69) is 21.2 Å². The average Bonchev–Trinajstić information content (AvgIpc) is 2.36. The minimum atomic E-state index is -0.373. The van der Waals surface area contributed by atoms with Crippen molar-refractivity contribution < 1.29 is 9.18 Å². The molecular formula is C15H13BrFNO. The van der Waals surface area contributed by atoms with Gasteiger partial charge in [-0.15, -0.1) is 0 Å². The molecule has 0 radical (unpaired) electrons. The van der Waals surface area contributed by atoms with E-state index in [4.69, 9.17) is 0 Å². The smallest absolute Gasteiger partial charge is 0.252 e. The molecule has 4 heteroatoms. The zero-order valence-electron chi connectivity index (χ0n) is 10.4. The van der Waals surface area contributed by atoms with E-state index < -0.39 is 0 Å². The molecule has 0 unspecified atom stereocenters. The molecule has 0 aliphatic rings. The highest BCUT2D eigenvalue weighted by Gasteiger charge is 2.10. The van der Waals surface area contributed by atoms with Crippen molar-refractivity contribution in [2.75, 3.05) is 0 Å². The number of carbonyl (C=O) groups excluding carboxylic acids is 1. The van der Waals surface area contributed by atoms with Crippen molar-refractivity contribution in [2.24, 2.45) is 0 Å². The minimum Gasteiger partial charge on any atom is -0.348 e. The van der Waals surface area contributed by atoms with Crippen LogP contribution in [0.2, 0.25) is 0 Å². The van der Waals surface area contributed by atoms with E-state index in [1.807, 2.05) is 31.2 Å². The van der Waals surface area contributed by atoms with Crippen LogP contribution in [0.1, 0.15) is 21.5 Å². The largest absolute Gasteiger partial charge is 0.348 e. The molecule has 0 aliphatic heterocycles. The molecule has 98 valence electrons. The number of aryl methyl sites for hydroxylation is 1. The Morgan fingerprint density at radius 2 is 2.05 bits per heavy atom. The lowest BCUT2D eigenvalue weighted by Crippen LogP contribution is -2.23. The fourth-order valence-corrected chi connectivity index (χ4v) is 2.30. The molecule has 0 aromatic heterocycles. The molecule has 0 aliphatic carbocycles. The van der Waals surface area contributed by atoms with Gasteiger partial charge in [0, 0.05) is 11.0 Å². The lowest BCUT2D eigenvalue weighted by Gasteiger charge is -2.07. The summed E-state index contributed by atoms with van der Waals surface area (Å²) >= 11 is 3.18. The first kappa shape index (κ1) is 13.7. The number of carbonyl (C=O) groups is 1. The van der Waals surface area contributed by atoms with E-state index in [-0.39, 0.29) is 11.7 Å². The first-order chi connectivity index (χ1) is 9.06. The summed E-state index contributed by atoms with van der Waals surface area (Å²) in [5, 5.41) is 2.81. The number of amides is 1. The predicted molar refractivity (Wildman–Crippen MR) is 76.4 cm³/mol. The van der Waals surface area contributed by atoms with Crippen LogP contribution in [0.15, 0.2) is 46.9 Å². The highest BCUT2D eigenvalue weighted by atomic mass is 79.9. The minimum absolute atomic E-state index is 0.228. The summed E-state index contributed by atoms with van der Waals surface area (Å²) in [6.07, 6.45) is 0. The fraction of sp³-hybridized carbons (Fsp3) is 0.133. The summed E-state index contributed by atoms with van der Waals surface area (Å²) in [5.74, 6) is -0.601. The van der Waals surface area contributed by atoms with Gasteiger partial charge < -0.3 is 5.32 Å². The predicted octanol–water partition coefficient (Wildman–Crippen LogP) is 3.83. The van der Waals surface area contributed by atoms with Gasteiger partial charge in [0.2, 0.25) is 0 Å². The van der Waals surface area contributed by atoms with E-state index in [0.29, 0.717) is 16.6 Å². The highest BCUT2D eigenvalue weighted by molar-refractivity contribution is 9.10. The maximum absolute atomic E-state index is 12.9. The molecule has 0 saturated carbocycles. The van der Waals surface area contributed by atoms with E-state index in [1.165, 1.54) is 18.2 Å². The zero-order valence-corrected chi connectivity index (χ0v) is 12.0. The van der Waals surface area contributed by atoms with Gasteiger partial charge in [-0.25, -0.2) is 4.39 Å². The first-order valence-corrected chi connectivity index (χ1v) is 6.64. The third kappa shape index (κ3) is 3.64. The lowest BCUT2D eigenvalue weighted by atomic mass is 10.1. The molecule has 2 nitrogen and oxygen atoms in total. The lowest BCUT2D eigenvalue weighted by molar-refractivity contribution is 0.0950. The Hall–Kier alpha value is -1.68. The first-order valence-electron chi connectivity index (χ1n) is 5.85. The van der Waals surface area contributed by atoms with Gasteiger partial charge in [0.15, 0.2) is 0 Å². The standard InChI is InChI=1S/C15H13BrFNO/c1-10-3-2-4-11(7-10)9-18-15(19)13-6-5-12(17)8-14(13)16/h2-8H,9H2,1H3,(H,18,19). The number of halogens is 2. The average molecular weight is 322 g/mol.